The summed E-state index contributed by atoms with van der Waals surface area (Å²) in [6.07, 6.45) is -0.685. The van der Waals surface area contributed by atoms with Crippen LogP contribution >= 0.6 is 25.4 Å². The number of nitrogens with one attached hydrogen (secondary N) is 1. The molecule has 0 fully saturated rings. The summed E-state index contributed by atoms with van der Waals surface area (Å²) in [4.78, 5) is 10.1. The van der Waals surface area contributed by atoms with E-state index in [-0.39, 0.29) is 0 Å². The Kier molecular flexibility index (Phi) is 3.50. The zero-order valence-electron chi connectivity index (χ0n) is 4.59. The molecule has 0 saturated carbocycles. The van der Waals surface area contributed by atoms with Gasteiger partial charge >= 0.3 is 0 Å². The Morgan fingerprint density at radius 1 is 2.14 bits per heavy atom. The first-order valence-corrected chi connectivity index (χ1v) is 2.81. The molecule has 0 aromatic rings. The third kappa shape index (κ3) is 2.96. The van der Waals surface area contributed by atoms with Crippen LogP contribution in [0.3, 0.4) is 0 Å². The highest BCUT2D eigenvalue weighted by Crippen LogP contribution is 1.81. The van der Waals surface area contributed by atoms with Crippen molar-refractivity contribution < 1.29 is 6.17 Å². The first-order chi connectivity index (χ1) is 3.72. The maximum atomic E-state index is 10.1. The van der Waals surface area contributed by atoms with Gasteiger partial charge in [-0.3, -0.25) is 4.72 Å². The summed E-state index contributed by atoms with van der Waals surface area (Å²) in [5, 5.41) is 0. The number of rotatable bonds is 3. The molecule has 0 aromatic heterocycles. The van der Waals surface area contributed by atoms with Crippen molar-refractivity contribution in [3.8, 4) is 0 Å². The zero-order valence-corrected chi connectivity index (χ0v) is 5.38. The van der Waals surface area contributed by atoms with E-state index < -0.39 is 12.3 Å². The van der Waals surface area contributed by atoms with E-state index in [1.165, 1.54) is 0 Å². The lowest BCUT2D eigenvalue weighted by Gasteiger charge is -1.99. The molecule has 4 heteroatoms. The largest absolute Gasteiger partial charge is 0.302 e. The maximum Gasteiger partial charge on any atom is 0.138 e. The number of hydrogen-bond acceptors (Lipinski definition) is 4. The number of thiol groups is 2. The van der Waals surface area contributed by atoms with Gasteiger partial charge in [-0.15, -0.1) is 0 Å². The fraction of sp³-hybridized carbons (Fsp3) is 0.667. The monoisotopic (exact) mass is 139 g/mol. The minimum Gasteiger partial charge on any atom is -0.302 e. The van der Waals surface area contributed by atoms with E-state index in [0.717, 1.165) is 0 Å². The van der Waals surface area contributed by atoms with Crippen molar-refractivity contribution in [1.82, 2.24) is 4.72 Å². The molecule has 0 unspecified atom stereocenters. The summed E-state index contributed by atoms with van der Waals surface area (Å²) in [6, 6.07) is -0.540. The molecule has 1 atom stereocenters. The van der Waals surface area contributed by atoms with Gasteiger partial charge in [-0.2, -0.15) is 12.6 Å². The maximum absolute atomic E-state index is 10.1. The van der Waals surface area contributed by atoms with E-state index in [2.05, 4.69) is 30.2 Å². The topological polar surface area (TPSA) is 29.1 Å². The Morgan fingerprint density at radius 2 is 2.71 bits per heavy atom. The van der Waals surface area contributed by atoms with Crippen molar-refractivity contribution in [2.24, 2.45) is 0 Å². The van der Waals surface area contributed by atoms with Crippen molar-refractivity contribution in [3.63, 3.8) is 0 Å². The van der Waals surface area contributed by atoms with Crippen LogP contribution < -0.4 is 4.72 Å². The second-order valence-electron chi connectivity index (χ2n) is 0.982. The molecule has 2 nitrogen and oxygen atoms in total. The van der Waals surface area contributed by atoms with Crippen LogP contribution in [0, 0.1) is 0 Å². The van der Waals surface area contributed by atoms with E-state index in [4.69, 9.17) is 1.37 Å². The van der Waals surface area contributed by atoms with E-state index in [0.29, 0.717) is 5.75 Å². The van der Waals surface area contributed by atoms with Crippen molar-refractivity contribution in [2.75, 3.05) is 5.75 Å². The van der Waals surface area contributed by atoms with E-state index in [1.54, 1.807) is 0 Å². The molecule has 0 aromatic carbocycles. The van der Waals surface area contributed by atoms with Crippen LogP contribution in [0.5, 0.6) is 0 Å². The number of carbonyl (C=O) groups excluding carboxylic acids is 1. The molecule has 0 aliphatic carbocycles. The van der Waals surface area contributed by atoms with Gasteiger partial charge in [0.2, 0.25) is 0 Å². The van der Waals surface area contributed by atoms with Gasteiger partial charge in [-0.25, -0.2) is 0 Å². The van der Waals surface area contributed by atoms with Crippen LogP contribution in [0.1, 0.15) is 1.37 Å². The van der Waals surface area contributed by atoms with E-state index in [9.17, 15) is 4.79 Å². The molecule has 0 aliphatic rings. The van der Waals surface area contributed by atoms with Gasteiger partial charge < -0.3 is 4.79 Å². The fourth-order valence-electron chi connectivity index (χ4n) is 0.104. The van der Waals surface area contributed by atoms with Gasteiger partial charge in [0.05, 0.1) is 6.04 Å². The van der Waals surface area contributed by atoms with Crippen molar-refractivity contribution in [3.05, 3.63) is 0 Å². The highest BCUT2D eigenvalue weighted by atomic mass is 32.1. The average Bonchev–Trinajstić information content (AvgIpc) is 1.69. The van der Waals surface area contributed by atoms with Gasteiger partial charge in [0.25, 0.3) is 0 Å². The second kappa shape index (κ2) is 4.49. The molecule has 7 heavy (non-hydrogen) atoms. The van der Waals surface area contributed by atoms with Gasteiger partial charge in [0.1, 0.15) is 7.63 Å². The second-order valence-corrected chi connectivity index (χ2v) is 1.61. The summed E-state index contributed by atoms with van der Waals surface area (Å²) in [5.41, 5.74) is 0. The van der Waals surface area contributed by atoms with Crippen LogP contribution in [0.15, 0.2) is 0 Å². The molecular formula is C3H7NOS2. The molecule has 0 spiro atoms. The van der Waals surface area contributed by atoms with Crippen LogP contribution in [0.2, 0.25) is 0 Å². The van der Waals surface area contributed by atoms with E-state index >= 15 is 0 Å². The number of aldehydes is 1. The normalized spacial score (nSPS) is 15.4. The van der Waals surface area contributed by atoms with Gasteiger partial charge in [0, 0.05) is 5.75 Å². The predicted molar refractivity (Wildman–Crippen MR) is 35.8 cm³/mol. The lowest BCUT2D eigenvalue weighted by molar-refractivity contribution is -0.108. The van der Waals surface area contributed by atoms with Crippen LogP contribution in [-0.4, -0.2) is 18.1 Å². The summed E-state index contributed by atoms with van der Waals surface area (Å²) in [6.45, 7) is 0. The summed E-state index contributed by atoms with van der Waals surface area (Å²) in [7, 11) is 0. The molecule has 42 valence electrons. The minimum atomic E-state index is -0.685. The van der Waals surface area contributed by atoms with E-state index in [1.807, 2.05) is 0 Å². The van der Waals surface area contributed by atoms with Gasteiger partial charge in [-0.05, 0) is 0 Å². The zero-order chi connectivity index (χ0) is 6.57. The SMILES string of the molecule is [3H]C(=O)[C@H](CS)NS. The van der Waals surface area contributed by atoms with Crippen LogP contribution in [-0.2, 0) is 4.79 Å². The molecule has 1 N–H and O–H groups in total. The Hall–Kier alpha value is 0.330. The third-order valence-corrected chi connectivity index (χ3v) is 1.16. The average molecular weight is 139 g/mol. The summed E-state index contributed by atoms with van der Waals surface area (Å²) in [5.74, 6) is 0.311. The quantitative estimate of drug-likeness (QED) is 0.377. The molecule has 0 aliphatic heterocycles. The molecule has 0 rings (SSSR count). The lowest BCUT2D eigenvalue weighted by atomic mass is 10.4. The molecule has 0 bridgehead atoms. The molecule has 0 heterocycles. The van der Waals surface area contributed by atoms with Crippen molar-refractivity contribution in [1.29, 1.82) is 0 Å². The number of carbonyl (C=O) groups is 1. The minimum absolute atomic E-state index is 0.311. The fourth-order valence-corrected chi connectivity index (χ4v) is 0.558. The van der Waals surface area contributed by atoms with Gasteiger partial charge in [-0.1, -0.05) is 12.8 Å². The molecule has 0 saturated heterocycles. The summed E-state index contributed by atoms with van der Waals surface area (Å²) < 4.78 is 8.87. The third-order valence-electron chi connectivity index (χ3n) is 0.481. The summed E-state index contributed by atoms with van der Waals surface area (Å²) >= 11 is 7.38. The highest BCUT2D eigenvalue weighted by molar-refractivity contribution is 7.80. The Labute approximate surface area is 55.0 Å². The molecule has 0 radical (unpaired) electrons. The van der Waals surface area contributed by atoms with Gasteiger partial charge in [0.15, 0.2) is 0 Å². The van der Waals surface area contributed by atoms with Crippen molar-refractivity contribution >= 4 is 31.7 Å². The first-order valence-electron chi connectivity index (χ1n) is 2.23. The molecule has 0 amide bonds. The number of hydrogen-bond donors (Lipinski definition) is 3. The van der Waals surface area contributed by atoms with Crippen LogP contribution in [0.25, 0.3) is 0 Å². The highest BCUT2D eigenvalue weighted by Gasteiger charge is 1.96. The standard InChI is InChI=1S/C3H7NOS2/c5-1-3(2-6)4-7/h1,3-4,6-7H,2H2/t3-/m1/s1/i1T. The van der Waals surface area contributed by atoms with Crippen LogP contribution in [0.4, 0.5) is 0 Å². The smallest absolute Gasteiger partial charge is 0.138 e. The Balaban J connectivity index is 3.52. The lowest BCUT2D eigenvalue weighted by Crippen LogP contribution is -2.23. The Morgan fingerprint density at radius 3 is 2.71 bits per heavy atom. The first kappa shape index (κ1) is 5.47. The van der Waals surface area contributed by atoms with Crippen molar-refractivity contribution in [2.45, 2.75) is 6.04 Å². The Bertz CT molecular complexity index is 85.4. The molecular weight excluding hydrogens is 130 g/mol. The predicted octanol–water partition coefficient (Wildman–Crippen LogP) is -0.0819.